The normalized spacial score (nSPS) is 11.1. The first-order chi connectivity index (χ1) is 14.8. The summed E-state index contributed by atoms with van der Waals surface area (Å²) in [6.45, 7) is 0.471. The lowest BCUT2D eigenvalue weighted by atomic mass is 10.2. The summed E-state index contributed by atoms with van der Waals surface area (Å²) in [5, 5.41) is 4.93. The van der Waals surface area contributed by atoms with Crippen molar-refractivity contribution in [2.75, 3.05) is 0 Å². The molecular formula is C23H18N4O3. The third-order valence-corrected chi connectivity index (χ3v) is 4.76. The second-order valence-electron chi connectivity index (χ2n) is 6.81. The van der Waals surface area contributed by atoms with Crippen molar-refractivity contribution in [3.05, 3.63) is 90.4 Å². The number of hydrogen-bond acceptors (Lipinski definition) is 5. The van der Waals surface area contributed by atoms with Gasteiger partial charge in [0.1, 0.15) is 17.5 Å². The zero-order chi connectivity index (χ0) is 20.3. The van der Waals surface area contributed by atoms with Crippen LogP contribution in [-0.4, -0.2) is 20.9 Å². The minimum absolute atomic E-state index is 0.102. The van der Waals surface area contributed by atoms with Crippen LogP contribution in [0.5, 0.6) is 5.75 Å². The van der Waals surface area contributed by atoms with E-state index in [1.165, 1.54) is 6.26 Å². The van der Waals surface area contributed by atoms with Crippen LogP contribution in [0.15, 0.2) is 77.5 Å². The molecule has 0 radical (unpaired) electrons. The number of ether oxygens (including phenoxy) is 1. The van der Waals surface area contributed by atoms with Crippen LogP contribution in [0.25, 0.3) is 21.8 Å². The van der Waals surface area contributed by atoms with E-state index >= 15 is 0 Å². The van der Waals surface area contributed by atoms with Crippen molar-refractivity contribution >= 4 is 27.7 Å². The predicted molar refractivity (Wildman–Crippen MR) is 112 cm³/mol. The summed E-state index contributed by atoms with van der Waals surface area (Å²) in [5.41, 5.74) is 2.93. The monoisotopic (exact) mass is 398 g/mol. The Labute approximate surface area is 171 Å². The van der Waals surface area contributed by atoms with Crippen LogP contribution in [0.2, 0.25) is 0 Å². The van der Waals surface area contributed by atoms with E-state index in [2.05, 4.69) is 20.3 Å². The number of rotatable bonds is 6. The van der Waals surface area contributed by atoms with Crippen LogP contribution in [-0.2, 0) is 13.2 Å². The van der Waals surface area contributed by atoms with Gasteiger partial charge < -0.3 is 19.5 Å². The molecule has 0 saturated heterocycles. The van der Waals surface area contributed by atoms with E-state index in [-0.39, 0.29) is 18.2 Å². The highest BCUT2D eigenvalue weighted by atomic mass is 16.5. The summed E-state index contributed by atoms with van der Waals surface area (Å²) < 4.78 is 11.2. The van der Waals surface area contributed by atoms with E-state index in [0.29, 0.717) is 18.2 Å². The fourth-order valence-corrected chi connectivity index (χ4v) is 3.31. The molecule has 0 aliphatic heterocycles. The van der Waals surface area contributed by atoms with Crippen LogP contribution in [0.4, 0.5) is 0 Å². The molecule has 5 rings (SSSR count). The molecular weight excluding hydrogens is 380 g/mol. The summed E-state index contributed by atoms with van der Waals surface area (Å²) in [4.78, 5) is 24.3. The summed E-state index contributed by atoms with van der Waals surface area (Å²) in [6, 6.07) is 19.5. The van der Waals surface area contributed by atoms with Crippen molar-refractivity contribution < 1.29 is 13.9 Å². The summed E-state index contributed by atoms with van der Waals surface area (Å²) >= 11 is 0. The van der Waals surface area contributed by atoms with Crippen molar-refractivity contribution in [3.63, 3.8) is 0 Å². The van der Waals surface area contributed by atoms with Crippen LogP contribution in [0.1, 0.15) is 22.1 Å². The highest BCUT2D eigenvalue weighted by molar-refractivity contribution is 5.92. The van der Waals surface area contributed by atoms with Crippen molar-refractivity contribution in [2.24, 2.45) is 0 Å². The van der Waals surface area contributed by atoms with Crippen molar-refractivity contribution in [1.82, 2.24) is 20.3 Å². The molecule has 0 unspecified atom stereocenters. The smallest absolute Gasteiger partial charge is 0.273 e. The maximum absolute atomic E-state index is 12.4. The van der Waals surface area contributed by atoms with E-state index in [9.17, 15) is 4.79 Å². The number of nitrogens with zero attached hydrogens (tertiary/aromatic N) is 2. The number of aromatic nitrogens is 3. The number of benzene rings is 2. The maximum Gasteiger partial charge on any atom is 0.273 e. The van der Waals surface area contributed by atoms with Gasteiger partial charge >= 0.3 is 0 Å². The van der Waals surface area contributed by atoms with Crippen LogP contribution < -0.4 is 10.1 Å². The highest BCUT2D eigenvalue weighted by Crippen LogP contribution is 2.23. The van der Waals surface area contributed by atoms with Crippen molar-refractivity contribution in [3.8, 4) is 5.75 Å². The number of pyridine rings is 1. The van der Waals surface area contributed by atoms with Crippen LogP contribution in [0, 0.1) is 0 Å². The summed E-state index contributed by atoms with van der Waals surface area (Å²) in [6.07, 6.45) is 3.05. The number of amides is 1. The lowest BCUT2D eigenvalue weighted by Crippen LogP contribution is -2.23. The Morgan fingerprint density at radius 1 is 1.07 bits per heavy atom. The second-order valence-corrected chi connectivity index (χ2v) is 6.81. The lowest BCUT2D eigenvalue weighted by Gasteiger charge is -2.06. The standard InChI is InChI=1S/C23H18N4O3/c28-23(25-12-17-11-16-5-1-2-8-18(16)26-17)19-13-30-21(27-19)14-29-20-9-3-6-15-7-4-10-24-22(15)20/h1-11,13,26H,12,14H2,(H,25,28). The molecule has 2 N–H and O–H groups in total. The number of fused-ring (bicyclic) bond motifs is 2. The third-order valence-electron chi connectivity index (χ3n) is 4.76. The van der Waals surface area contributed by atoms with E-state index in [0.717, 1.165) is 27.5 Å². The number of aromatic amines is 1. The molecule has 0 saturated carbocycles. The molecule has 0 spiro atoms. The highest BCUT2D eigenvalue weighted by Gasteiger charge is 2.13. The van der Waals surface area contributed by atoms with Gasteiger partial charge in [-0.1, -0.05) is 36.4 Å². The minimum Gasteiger partial charge on any atom is -0.482 e. The minimum atomic E-state index is -0.310. The Balaban J connectivity index is 1.22. The topological polar surface area (TPSA) is 93.0 Å². The predicted octanol–water partition coefficient (Wildman–Crippen LogP) is 4.21. The number of para-hydroxylation sites is 2. The number of oxazole rings is 1. The largest absolute Gasteiger partial charge is 0.482 e. The molecule has 148 valence electrons. The fourth-order valence-electron chi connectivity index (χ4n) is 3.31. The molecule has 2 aromatic carbocycles. The molecule has 0 aliphatic carbocycles. The van der Waals surface area contributed by atoms with Gasteiger partial charge in [-0.2, -0.15) is 0 Å². The Morgan fingerprint density at radius 3 is 2.87 bits per heavy atom. The molecule has 0 aliphatic rings. The molecule has 5 aromatic rings. The zero-order valence-corrected chi connectivity index (χ0v) is 16.0. The quantitative estimate of drug-likeness (QED) is 0.447. The first kappa shape index (κ1) is 17.9. The molecule has 30 heavy (non-hydrogen) atoms. The molecule has 1 amide bonds. The second kappa shape index (κ2) is 7.71. The van der Waals surface area contributed by atoms with Gasteiger partial charge in [-0.3, -0.25) is 9.78 Å². The van der Waals surface area contributed by atoms with Gasteiger partial charge in [-0.25, -0.2) is 4.98 Å². The Kier molecular flexibility index (Phi) is 4.61. The van der Waals surface area contributed by atoms with E-state index in [1.807, 2.05) is 60.7 Å². The zero-order valence-electron chi connectivity index (χ0n) is 16.0. The SMILES string of the molecule is O=C(NCc1cc2ccccc2[nH]1)c1coc(COc2cccc3cccnc23)n1. The van der Waals surface area contributed by atoms with Gasteiger partial charge in [-0.15, -0.1) is 0 Å². The molecule has 0 fully saturated rings. The first-order valence-electron chi connectivity index (χ1n) is 9.52. The van der Waals surface area contributed by atoms with Crippen LogP contribution in [0.3, 0.4) is 0 Å². The number of nitrogens with one attached hydrogen (secondary N) is 2. The third kappa shape index (κ3) is 3.60. The Morgan fingerprint density at radius 2 is 1.93 bits per heavy atom. The Hall–Kier alpha value is -4.13. The first-order valence-corrected chi connectivity index (χ1v) is 9.52. The van der Waals surface area contributed by atoms with E-state index < -0.39 is 0 Å². The average molecular weight is 398 g/mol. The average Bonchev–Trinajstić information content (AvgIpc) is 3.43. The van der Waals surface area contributed by atoms with E-state index in [4.69, 9.17) is 9.15 Å². The molecule has 3 aromatic heterocycles. The summed E-state index contributed by atoms with van der Waals surface area (Å²) in [7, 11) is 0. The van der Waals surface area contributed by atoms with Crippen molar-refractivity contribution in [2.45, 2.75) is 13.2 Å². The van der Waals surface area contributed by atoms with Gasteiger partial charge in [0.05, 0.1) is 6.54 Å². The van der Waals surface area contributed by atoms with E-state index in [1.54, 1.807) is 6.20 Å². The Bertz CT molecular complexity index is 1300. The van der Waals surface area contributed by atoms with Gasteiger partial charge in [-0.05, 0) is 29.7 Å². The molecule has 7 nitrogen and oxygen atoms in total. The molecule has 0 atom stereocenters. The van der Waals surface area contributed by atoms with Gasteiger partial charge in [0, 0.05) is 22.8 Å². The lowest BCUT2D eigenvalue weighted by molar-refractivity contribution is 0.0945. The molecule has 7 heteroatoms. The number of carbonyl (C=O) groups excluding carboxylic acids is 1. The maximum atomic E-state index is 12.4. The van der Waals surface area contributed by atoms with Gasteiger partial charge in [0.2, 0.25) is 5.89 Å². The van der Waals surface area contributed by atoms with Gasteiger partial charge in [0.15, 0.2) is 12.3 Å². The molecule has 3 heterocycles. The van der Waals surface area contributed by atoms with Crippen LogP contribution >= 0.6 is 0 Å². The van der Waals surface area contributed by atoms with Gasteiger partial charge in [0.25, 0.3) is 5.91 Å². The number of H-pyrrole nitrogens is 1. The number of hydrogen-bond donors (Lipinski definition) is 2. The fraction of sp³-hybridized carbons (Fsp3) is 0.0870. The summed E-state index contributed by atoms with van der Waals surface area (Å²) in [5.74, 6) is 0.644. The molecule has 0 bridgehead atoms. The van der Waals surface area contributed by atoms with Crippen molar-refractivity contribution in [1.29, 1.82) is 0 Å². The number of carbonyl (C=O) groups is 1.